The van der Waals surface area contributed by atoms with Gasteiger partial charge >= 0.3 is 7.12 Å². The highest BCUT2D eigenvalue weighted by Crippen LogP contribution is 2.43. The second-order valence-electron chi connectivity index (χ2n) is 11.2. The Labute approximate surface area is 222 Å². The number of nitrogens with zero attached hydrogens (tertiary/aromatic N) is 2. The standard InChI is InChI=1S/C33H27BN2O2/c1-32(2)33(3,4)38-34(37-32)23-13-10-21(11-14-23)25-17-19-29-31-27(25)16-15-26-22(20-35)12-18-28(30(26)31)36(29)24-8-6-5-7-9-24/h5-19H,1-4H3. The Morgan fingerprint density at radius 3 is 1.95 bits per heavy atom. The molecule has 0 amide bonds. The van der Waals surface area contributed by atoms with Crippen LogP contribution in [-0.4, -0.2) is 22.9 Å². The fraction of sp³-hybridized carbons (Fsp3) is 0.182. The van der Waals surface area contributed by atoms with Crippen LogP contribution >= 0.6 is 0 Å². The molecule has 0 saturated carbocycles. The average molecular weight is 494 g/mol. The van der Waals surface area contributed by atoms with Gasteiger partial charge < -0.3 is 13.9 Å². The Morgan fingerprint density at radius 1 is 0.684 bits per heavy atom. The number of nitriles is 1. The lowest BCUT2D eigenvalue weighted by Crippen LogP contribution is -2.41. The molecule has 1 saturated heterocycles. The van der Waals surface area contributed by atoms with Gasteiger partial charge in [0.1, 0.15) is 0 Å². The van der Waals surface area contributed by atoms with Gasteiger partial charge in [-0.2, -0.15) is 5.26 Å². The molecule has 2 heterocycles. The zero-order valence-corrected chi connectivity index (χ0v) is 21.9. The molecule has 0 atom stereocenters. The van der Waals surface area contributed by atoms with E-state index in [1.807, 2.05) is 12.1 Å². The summed E-state index contributed by atoms with van der Waals surface area (Å²) in [5, 5.41) is 14.3. The number of hydrogen-bond donors (Lipinski definition) is 0. The zero-order chi connectivity index (χ0) is 26.2. The van der Waals surface area contributed by atoms with Gasteiger partial charge in [0.2, 0.25) is 0 Å². The summed E-state index contributed by atoms with van der Waals surface area (Å²) in [5.41, 5.74) is 6.62. The van der Waals surface area contributed by atoms with E-state index in [0.717, 1.165) is 44.1 Å². The summed E-state index contributed by atoms with van der Waals surface area (Å²) in [6, 6.07) is 34.0. The van der Waals surface area contributed by atoms with Gasteiger partial charge in [-0.25, -0.2) is 0 Å². The molecule has 0 aliphatic carbocycles. The maximum absolute atomic E-state index is 9.83. The molecule has 0 radical (unpaired) electrons. The second kappa shape index (κ2) is 7.95. The minimum atomic E-state index is -0.384. The lowest BCUT2D eigenvalue weighted by molar-refractivity contribution is 0.00578. The van der Waals surface area contributed by atoms with Crippen LogP contribution in [0, 0.1) is 11.3 Å². The van der Waals surface area contributed by atoms with Crippen molar-refractivity contribution in [1.29, 1.82) is 5.26 Å². The molecule has 1 fully saturated rings. The van der Waals surface area contributed by atoms with Crippen LogP contribution in [-0.2, 0) is 9.31 Å². The summed E-state index contributed by atoms with van der Waals surface area (Å²) in [5.74, 6) is 0. The van der Waals surface area contributed by atoms with E-state index in [1.165, 1.54) is 10.8 Å². The molecule has 0 N–H and O–H groups in total. The summed E-state index contributed by atoms with van der Waals surface area (Å²) in [6.07, 6.45) is 0. The molecule has 1 aromatic heterocycles. The van der Waals surface area contributed by atoms with Crippen molar-refractivity contribution in [3.63, 3.8) is 0 Å². The first-order valence-electron chi connectivity index (χ1n) is 13.0. The largest absolute Gasteiger partial charge is 0.494 e. The molecule has 0 spiro atoms. The number of hydrogen-bond acceptors (Lipinski definition) is 3. The van der Waals surface area contributed by atoms with Crippen molar-refractivity contribution in [3.8, 4) is 22.9 Å². The van der Waals surface area contributed by atoms with Crippen molar-refractivity contribution in [3.05, 3.63) is 96.6 Å². The van der Waals surface area contributed by atoms with E-state index in [4.69, 9.17) is 9.31 Å². The summed E-state index contributed by atoms with van der Waals surface area (Å²) in [7, 11) is -0.384. The fourth-order valence-electron chi connectivity index (χ4n) is 5.76. The summed E-state index contributed by atoms with van der Waals surface area (Å²) < 4.78 is 14.8. The van der Waals surface area contributed by atoms with E-state index in [-0.39, 0.29) is 18.3 Å². The smallest absolute Gasteiger partial charge is 0.399 e. The van der Waals surface area contributed by atoms with E-state index in [9.17, 15) is 5.26 Å². The fourth-order valence-corrected chi connectivity index (χ4v) is 5.76. The number of aromatic nitrogens is 1. The molecule has 1 aliphatic heterocycles. The van der Waals surface area contributed by atoms with Gasteiger partial charge in [-0.05, 0) is 80.0 Å². The van der Waals surface area contributed by atoms with Crippen LogP contribution in [0.4, 0.5) is 0 Å². The van der Waals surface area contributed by atoms with E-state index in [1.54, 1.807) is 0 Å². The van der Waals surface area contributed by atoms with Crippen LogP contribution in [0.2, 0.25) is 0 Å². The maximum atomic E-state index is 9.83. The third-order valence-electron chi connectivity index (χ3n) is 8.48. The van der Waals surface area contributed by atoms with Gasteiger partial charge in [0, 0.05) is 21.8 Å². The Bertz CT molecular complexity index is 1860. The minimum absolute atomic E-state index is 0.372. The highest BCUT2D eigenvalue weighted by molar-refractivity contribution is 6.62. The zero-order valence-electron chi connectivity index (χ0n) is 21.9. The summed E-state index contributed by atoms with van der Waals surface area (Å²) in [4.78, 5) is 0. The van der Waals surface area contributed by atoms with Gasteiger partial charge in [0.25, 0.3) is 0 Å². The third kappa shape index (κ3) is 3.18. The van der Waals surface area contributed by atoms with Crippen LogP contribution in [0.5, 0.6) is 0 Å². The number of para-hydroxylation sites is 1. The van der Waals surface area contributed by atoms with E-state index < -0.39 is 0 Å². The Kier molecular flexibility index (Phi) is 4.82. The number of rotatable bonds is 3. The SMILES string of the molecule is CC1(C)OB(c2ccc(-c3ccc4c5c3ccc3c(C#N)ccc(c35)n4-c3ccccc3)cc2)OC1(C)C. The van der Waals surface area contributed by atoms with Gasteiger partial charge in [0.05, 0.1) is 33.9 Å². The topological polar surface area (TPSA) is 47.2 Å². The quantitative estimate of drug-likeness (QED) is 0.193. The number of benzene rings is 5. The molecule has 5 aromatic carbocycles. The predicted octanol–water partition coefficient (Wildman–Crippen LogP) is 7.21. The Morgan fingerprint density at radius 2 is 1.29 bits per heavy atom. The van der Waals surface area contributed by atoms with Crippen molar-refractivity contribution in [1.82, 2.24) is 4.57 Å². The van der Waals surface area contributed by atoms with Crippen molar-refractivity contribution in [2.75, 3.05) is 0 Å². The Balaban J connectivity index is 1.41. The molecule has 4 nitrogen and oxygen atoms in total. The van der Waals surface area contributed by atoms with Crippen molar-refractivity contribution >= 4 is 45.2 Å². The average Bonchev–Trinajstić information content (AvgIpc) is 3.38. The third-order valence-corrected chi connectivity index (χ3v) is 8.48. The van der Waals surface area contributed by atoms with E-state index in [2.05, 4.69) is 117 Å². The second-order valence-corrected chi connectivity index (χ2v) is 11.2. The van der Waals surface area contributed by atoms with Crippen LogP contribution in [0.25, 0.3) is 49.4 Å². The van der Waals surface area contributed by atoms with E-state index in [0.29, 0.717) is 5.56 Å². The Hall–Kier alpha value is -4.11. The maximum Gasteiger partial charge on any atom is 0.494 e. The van der Waals surface area contributed by atoms with Gasteiger partial charge in [0.15, 0.2) is 0 Å². The lowest BCUT2D eigenvalue weighted by Gasteiger charge is -2.32. The molecule has 6 aromatic rings. The molecule has 0 unspecified atom stereocenters. The van der Waals surface area contributed by atoms with Crippen molar-refractivity contribution in [2.45, 2.75) is 38.9 Å². The molecular weight excluding hydrogens is 467 g/mol. The molecular formula is C33H27BN2O2. The van der Waals surface area contributed by atoms with Gasteiger partial charge in [-0.1, -0.05) is 60.7 Å². The normalized spacial score (nSPS) is 16.6. The molecule has 184 valence electrons. The molecule has 1 aliphatic rings. The van der Waals surface area contributed by atoms with Crippen LogP contribution in [0.1, 0.15) is 33.3 Å². The first-order valence-corrected chi connectivity index (χ1v) is 13.0. The van der Waals surface area contributed by atoms with Crippen molar-refractivity contribution < 1.29 is 9.31 Å². The van der Waals surface area contributed by atoms with E-state index >= 15 is 0 Å². The highest BCUT2D eigenvalue weighted by atomic mass is 16.7. The summed E-state index contributed by atoms with van der Waals surface area (Å²) >= 11 is 0. The molecule has 5 heteroatoms. The monoisotopic (exact) mass is 494 g/mol. The van der Waals surface area contributed by atoms with Crippen molar-refractivity contribution in [2.24, 2.45) is 0 Å². The first kappa shape index (κ1) is 23.0. The van der Waals surface area contributed by atoms with Crippen LogP contribution in [0.15, 0.2) is 91.0 Å². The predicted molar refractivity (Wildman–Crippen MR) is 155 cm³/mol. The highest BCUT2D eigenvalue weighted by Gasteiger charge is 2.51. The van der Waals surface area contributed by atoms with Gasteiger partial charge in [-0.3, -0.25) is 0 Å². The first-order chi connectivity index (χ1) is 18.3. The molecule has 0 bridgehead atoms. The summed E-state index contributed by atoms with van der Waals surface area (Å²) in [6.45, 7) is 8.30. The lowest BCUT2D eigenvalue weighted by atomic mass is 9.78. The molecule has 38 heavy (non-hydrogen) atoms. The van der Waals surface area contributed by atoms with Crippen LogP contribution in [0.3, 0.4) is 0 Å². The van der Waals surface area contributed by atoms with Gasteiger partial charge in [-0.15, -0.1) is 0 Å². The molecule has 7 rings (SSSR count). The van der Waals surface area contributed by atoms with Crippen LogP contribution < -0.4 is 5.46 Å². The minimum Gasteiger partial charge on any atom is -0.399 e.